The van der Waals surface area contributed by atoms with E-state index in [1.165, 1.54) is 5.56 Å². The topological polar surface area (TPSA) is 47.3 Å². The van der Waals surface area contributed by atoms with Gasteiger partial charge in [0.1, 0.15) is 0 Å². The van der Waals surface area contributed by atoms with Crippen LogP contribution < -0.4 is 11.1 Å². The maximum absolute atomic E-state index is 5.69. The zero-order valence-electron chi connectivity index (χ0n) is 9.71. The van der Waals surface area contributed by atoms with Crippen LogP contribution in [0.15, 0.2) is 18.2 Å². The first-order valence-electron chi connectivity index (χ1n) is 5.24. The highest BCUT2D eigenvalue weighted by molar-refractivity contribution is 5.57. The van der Waals surface area contributed by atoms with Crippen LogP contribution in [0.3, 0.4) is 0 Å². The molecule has 1 aromatic carbocycles. The molecule has 0 aromatic heterocycles. The van der Waals surface area contributed by atoms with Gasteiger partial charge >= 0.3 is 0 Å². The van der Waals surface area contributed by atoms with Crippen molar-refractivity contribution in [1.82, 2.24) is 0 Å². The van der Waals surface area contributed by atoms with Crippen LogP contribution in [0.25, 0.3) is 0 Å². The SMILES string of the molecule is COC(C)CNc1c(C)cccc1CN. The Kier molecular flexibility index (Phi) is 4.59. The largest absolute Gasteiger partial charge is 0.382 e. The molecule has 3 nitrogen and oxygen atoms in total. The van der Waals surface area contributed by atoms with Gasteiger partial charge in [-0.3, -0.25) is 0 Å². The number of rotatable bonds is 5. The molecule has 84 valence electrons. The lowest BCUT2D eigenvalue weighted by atomic mass is 10.1. The molecule has 0 aliphatic heterocycles. The number of aryl methyl sites for hydroxylation is 1. The van der Waals surface area contributed by atoms with E-state index in [9.17, 15) is 0 Å². The molecular formula is C12H20N2O. The molecule has 15 heavy (non-hydrogen) atoms. The molecule has 1 unspecified atom stereocenters. The molecule has 0 fully saturated rings. The molecule has 1 aromatic rings. The van der Waals surface area contributed by atoms with Gasteiger partial charge in [0.2, 0.25) is 0 Å². The number of hydrogen-bond acceptors (Lipinski definition) is 3. The molecule has 0 aliphatic carbocycles. The lowest BCUT2D eigenvalue weighted by molar-refractivity contribution is 0.129. The van der Waals surface area contributed by atoms with Gasteiger partial charge in [-0.05, 0) is 25.0 Å². The average Bonchev–Trinajstić information content (AvgIpc) is 2.26. The minimum Gasteiger partial charge on any atom is -0.382 e. The summed E-state index contributed by atoms with van der Waals surface area (Å²) in [6.45, 7) is 5.48. The van der Waals surface area contributed by atoms with Gasteiger partial charge in [-0.2, -0.15) is 0 Å². The van der Waals surface area contributed by atoms with Gasteiger partial charge in [0, 0.05) is 25.9 Å². The monoisotopic (exact) mass is 208 g/mol. The van der Waals surface area contributed by atoms with Crippen molar-refractivity contribution < 1.29 is 4.74 Å². The van der Waals surface area contributed by atoms with Crippen molar-refractivity contribution in [3.05, 3.63) is 29.3 Å². The van der Waals surface area contributed by atoms with Crippen LogP contribution in [0.1, 0.15) is 18.1 Å². The van der Waals surface area contributed by atoms with Crippen LogP contribution in [-0.4, -0.2) is 19.8 Å². The second-order valence-electron chi connectivity index (χ2n) is 3.74. The number of anilines is 1. The van der Waals surface area contributed by atoms with Crippen LogP contribution in [-0.2, 0) is 11.3 Å². The van der Waals surface area contributed by atoms with E-state index in [1.54, 1.807) is 7.11 Å². The zero-order valence-corrected chi connectivity index (χ0v) is 9.71. The van der Waals surface area contributed by atoms with Crippen molar-refractivity contribution in [3.63, 3.8) is 0 Å². The summed E-state index contributed by atoms with van der Waals surface area (Å²) in [4.78, 5) is 0. The molecule has 0 radical (unpaired) electrons. The third-order valence-corrected chi connectivity index (χ3v) is 2.55. The molecule has 3 N–H and O–H groups in total. The molecule has 3 heteroatoms. The van der Waals surface area contributed by atoms with E-state index in [4.69, 9.17) is 10.5 Å². The third-order valence-electron chi connectivity index (χ3n) is 2.55. The fourth-order valence-electron chi connectivity index (χ4n) is 1.48. The zero-order chi connectivity index (χ0) is 11.3. The number of hydrogen-bond donors (Lipinski definition) is 2. The first kappa shape index (κ1) is 12.0. The highest BCUT2D eigenvalue weighted by Gasteiger charge is 2.05. The second kappa shape index (κ2) is 5.73. The molecule has 0 saturated heterocycles. The normalized spacial score (nSPS) is 12.5. The number of nitrogens with two attached hydrogens (primary N) is 1. The average molecular weight is 208 g/mol. The number of methoxy groups -OCH3 is 1. The van der Waals surface area contributed by atoms with E-state index in [2.05, 4.69) is 18.3 Å². The Morgan fingerprint density at radius 1 is 1.47 bits per heavy atom. The summed E-state index contributed by atoms with van der Waals surface area (Å²) in [7, 11) is 1.72. The molecule has 0 saturated carbocycles. The minimum atomic E-state index is 0.204. The molecule has 0 bridgehead atoms. The van der Waals surface area contributed by atoms with Crippen LogP contribution in [0.4, 0.5) is 5.69 Å². The summed E-state index contributed by atoms with van der Waals surface area (Å²) < 4.78 is 5.19. The van der Waals surface area contributed by atoms with E-state index < -0.39 is 0 Å². The van der Waals surface area contributed by atoms with E-state index >= 15 is 0 Å². The first-order valence-corrected chi connectivity index (χ1v) is 5.24. The molecule has 1 atom stereocenters. The maximum atomic E-state index is 5.69. The van der Waals surface area contributed by atoms with Crippen LogP contribution in [0.2, 0.25) is 0 Å². The summed E-state index contributed by atoms with van der Waals surface area (Å²) in [6.07, 6.45) is 0.204. The summed E-state index contributed by atoms with van der Waals surface area (Å²) in [5, 5.41) is 3.38. The fourth-order valence-corrected chi connectivity index (χ4v) is 1.48. The Labute approximate surface area is 91.6 Å². The molecule has 0 heterocycles. The summed E-state index contributed by atoms with van der Waals surface area (Å²) in [6, 6.07) is 6.16. The summed E-state index contributed by atoms with van der Waals surface area (Å²) in [5.74, 6) is 0. The van der Waals surface area contributed by atoms with Crippen LogP contribution >= 0.6 is 0 Å². The molecule has 1 rings (SSSR count). The van der Waals surface area contributed by atoms with E-state index in [1.807, 2.05) is 19.1 Å². The Morgan fingerprint density at radius 2 is 2.20 bits per heavy atom. The highest BCUT2D eigenvalue weighted by Crippen LogP contribution is 2.19. The van der Waals surface area contributed by atoms with Gasteiger partial charge in [0.05, 0.1) is 6.10 Å². The van der Waals surface area contributed by atoms with Crippen molar-refractivity contribution in [3.8, 4) is 0 Å². The second-order valence-corrected chi connectivity index (χ2v) is 3.74. The number of nitrogens with one attached hydrogen (secondary N) is 1. The first-order chi connectivity index (χ1) is 7.19. The third kappa shape index (κ3) is 3.22. The molecule has 0 aliphatic rings. The molecular weight excluding hydrogens is 188 g/mol. The smallest absolute Gasteiger partial charge is 0.0715 e. The Bertz CT molecular complexity index is 312. The summed E-state index contributed by atoms with van der Waals surface area (Å²) >= 11 is 0. The van der Waals surface area contributed by atoms with Crippen molar-refractivity contribution >= 4 is 5.69 Å². The highest BCUT2D eigenvalue weighted by atomic mass is 16.5. The van der Waals surface area contributed by atoms with Crippen LogP contribution in [0.5, 0.6) is 0 Å². The van der Waals surface area contributed by atoms with Gasteiger partial charge < -0.3 is 15.8 Å². The van der Waals surface area contributed by atoms with Crippen molar-refractivity contribution in [1.29, 1.82) is 0 Å². The number of benzene rings is 1. The Hall–Kier alpha value is -1.06. The lowest BCUT2D eigenvalue weighted by Crippen LogP contribution is -2.19. The number of para-hydroxylation sites is 1. The predicted molar refractivity (Wildman–Crippen MR) is 64.0 cm³/mol. The maximum Gasteiger partial charge on any atom is 0.0715 e. The quantitative estimate of drug-likeness (QED) is 0.777. The van der Waals surface area contributed by atoms with Gasteiger partial charge in [-0.25, -0.2) is 0 Å². The minimum absolute atomic E-state index is 0.204. The van der Waals surface area contributed by atoms with Gasteiger partial charge in [-0.1, -0.05) is 18.2 Å². The Morgan fingerprint density at radius 3 is 2.80 bits per heavy atom. The van der Waals surface area contributed by atoms with Gasteiger partial charge in [0.15, 0.2) is 0 Å². The van der Waals surface area contributed by atoms with Crippen LogP contribution in [0, 0.1) is 6.92 Å². The van der Waals surface area contributed by atoms with E-state index in [-0.39, 0.29) is 6.10 Å². The summed E-state index contributed by atoms with van der Waals surface area (Å²) in [5.41, 5.74) is 9.20. The number of ether oxygens (including phenoxy) is 1. The fraction of sp³-hybridized carbons (Fsp3) is 0.500. The van der Waals surface area contributed by atoms with Crippen molar-refractivity contribution in [2.45, 2.75) is 26.5 Å². The van der Waals surface area contributed by atoms with Gasteiger partial charge in [-0.15, -0.1) is 0 Å². The van der Waals surface area contributed by atoms with E-state index in [0.717, 1.165) is 17.8 Å². The standard InChI is InChI=1S/C12H20N2O/c1-9-5-4-6-11(7-13)12(9)14-8-10(2)15-3/h4-6,10,14H,7-8,13H2,1-3H3. The van der Waals surface area contributed by atoms with Crippen molar-refractivity contribution in [2.75, 3.05) is 19.0 Å². The van der Waals surface area contributed by atoms with Crippen molar-refractivity contribution in [2.24, 2.45) is 5.73 Å². The lowest BCUT2D eigenvalue weighted by Gasteiger charge is -2.16. The Balaban J connectivity index is 2.74. The molecule has 0 spiro atoms. The predicted octanol–water partition coefficient (Wildman–Crippen LogP) is 1.90. The van der Waals surface area contributed by atoms with Gasteiger partial charge in [0.25, 0.3) is 0 Å². The van der Waals surface area contributed by atoms with E-state index in [0.29, 0.717) is 6.54 Å². The molecule has 0 amide bonds.